The highest BCUT2D eigenvalue weighted by atomic mass is 32.2. The zero-order valence-electron chi connectivity index (χ0n) is 11.1. The highest BCUT2D eigenvalue weighted by Crippen LogP contribution is 2.34. The third-order valence-corrected chi connectivity index (χ3v) is 3.82. The first kappa shape index (κ1) is 15.7. The lowest BCUT2D eigenvalue weighted by Gasteiger charge is -2.10. The lowest BCUT2D eigenvalue weighted by molar-refractivity contribution is -0.137. The minimum atomic E-state index is -4.38. The van der Waals surface area contributed by atoms with Gasteiger partial charge in [-0.2, -0.15) is 13.2 Å². The highest BCUT2D eigenvalue weighted by molar-refractivity contribution is 7.99. The second kappa shape index (κ2) is 6.36. The van der Waals surface area contributed by atoms with Gasteiger partial charge < -0.3 is 10.5 Å². The predicted molar refractivity (Wildman–Crippen MR) is 74.2 cm³/mol. The summed E-state index contributed by atoms with van der Waals surface area (Å²) in [6.07, 6.45) is -3.56. The normalized spacial score (nSPS) is 11.5. The molecule has 0 atom stereocenters. The van der Waals surface area contributed by atoms with Crippen molar-refractivity contribution in [1.29, 1.82) is 0 Å². The predicted octanol–water partition coefficient (Wildman–Crippen LogP) is 3.72. The van der Waals surface area contributed by atoms with Crippen molar-refractivity contribution in [3.63, 3.8) is 0 Å². The summed E-state index contributed by atoms with van der Waals surface area (Å²) in [5.41, 5.74) is 5.76. The van der Waals surface area contributed by atoms with E-state index in [1.807, 2.05) is 6.07 Å². The standard InChI is InChI=1S/C14H13F3N2OS/c1-20-11-4-2-9(7-18)12(6-11)21-13-5-3-10(8-19-13)14(15,16)17/h2-6,8H,7,18H2,1H3. The number of hydrogen-bond acceptors (Lipinski definition) is 4. The summed E-state index contributed by atoms with van der Waals surface area (Å²) in [7, 11) is 1.54. The minimum absolute atomic E-state index is 0.326. The number of nitrogens with two attached hydrogens (primary N) is 1. The Morgan fingerprint density at radius 2 is 2.00 bits per heavy atom. The second-order valence-electron chi connectivity index (χ2n) is 4.16. The van der Waals surface area contributed by atoms with Crippen LogP contribution in [-0.4, -0.2) is 12.1 Å². The molecule has 0 saturated heterocycles. The summed E-state index contributed by atoms with van der Waals surface area (Å²) < 4.78 is 42.6. The van der Waals surface area contributed by atoms with Crippen LogP contribution < -0.4 is 10.5 Å². The molecule has 0 unspecified atom stereocenters. The molecule has 21 heavy (non-hydrogen) atoms. The Labute approximate surface area is 124 Å². The molecule has 0 spiro atoms. The molecule has 0 aliphatic rings. The van der Waals surface area contributed by atoms with Gasteiger partial charge in [-0.25, -0.2) is 4.98 Å². The van der Waals surface area contributed by atoms with E-state index in [1.54, 1.807) is 19.2 Å². The number of rotatable bonds is 4. The number of alkyl halides is 3. The molecule has 2 N–H and O–H groups in total. The van der Waals surface area contributed by atoms with E-state index in [9.17, 15) is 13.2 Å². The van der Waals surface area contributed by atoms with Crippen molar-refractivity contribution in [3.8, 4) is 5.75 Å². The van der Waals surface area contributed by atoms with Crippen LogP contribution in [0.1, 0.15) is 11.1 Å². The Bertz CT molecular complexity index is 615. The molecule has 0 bridgehead atoms. The molecule has 1 aromatic heterocycles. The van der Waals surface area contributed by atoms with Crippen LogP contribution in [-0.2, 0) is 12.7 Å². The fraction of sp³-hybridized carbons (Fsp3) is 0.214. The monoisotopic (exact) mass is 314 g/mol. The molecule has 2 rings (SSSR count). The molecule has 1 aromatic carbocycles. The first-order valence-corrected chi connectivity index (χ1v) is 6.84. The second-order valence-corrected chi connectivity index (χ2v) is 5.22. The molecule has 0 amide bonds. The zero-order chi connectivity index (χ0) is 15.5. The van der Waals surface area contributed by atoms with Gasteiger partial charge in [0.2, 0.25) is 0 Å². The fourth-order valence-corrected chi connectivity index (χ4v) is 2.57. The number of ether oxygens (including phenoxy) is 1. The maximum absolute atomic E-state index is 12.5. The van der Waals surface area contributed by atoms with Crippen molar-refractivity contribution in [3.05, 3.63) is 47.7 Å². The maximum Gasteiger partial charge on any atom is 0.417 e. The van der Waals surface area contributed by atoms with E-state index < -0.39 is 11.7 Å². The van der Waals surface area contributed by atoms with E-state index in [4.69, 9.17) is 10.5 Å². The van der Waals surface area contributed by atoms with Gasteiger partial charge in [0, 0.05) is 17.6 Å². The smallest absolute Gasteiger partial charge is 0.417 e. The summed E-state index contributed by atoms with van der Waals surface area (Å²) >= 11 is 1.25. The third kappa shape index (κ3) is 3.89. The first-order chi connectivity index (χ1) is 9.94. The van der Waals surface area contributed by atoms with Gasteiger partial charge in [-0.3, -0.25) is 0 Å². The molecular weight excluding hydrogens is 301 g/mol. The number of nitrogens with zero attached hydrogens (tertiary/aromatic N) is 1. The van der Waals surface area contributed by atoms with Crippen LogP contribution in [0.25, 0.3) is 0 Å². The minimum Gasteiger partial charge on any atom is -0.497 e. The van der Waals surface area contributed by atoms with Crippen molar-refractivity contribution >= 4 is 11.8 Å². The Morgan fingerprint density at radius 3 is 2.52 bits per heavy atom. The van der Waals surface area contributed by atoms with Gasteiger partial charge in [-0.05, 0) is 29.8 Å². The topological polar surface area (TPSA) is 48.1 Å². The molecule has 0 saturated carbocycles. The summed E-state index contributed by atoms with van der Waals surface area (Å²) in [5.74, 6) is 0.654. The van der Waals surface area contributed by atoms with Crippen molar-refractivity contribution < 1.29 is 17.9 Å². The lowest BCUT2D eigenvalue weighted by Crippen LogP contribution is -2.05. The van der Waals surface area contributed by atoms with E-state index in [1.165, 1.54) is 17.8 Å². The molecular formula is C14H13F3N2OS. The SMILES string of the molecule is COc1ccc(CN)c(Sc2ccc(C(F)(F)F)cn2)c1. The van der Waals surface area contributed by atoms with E-state index >= 15 is 0 Å². The van der Waals surface area contributed by atoms with Gasteiger partial charge in [0.1, 0.15) is 10.8 Å². The highest BCUT2D eigenvalue weighted by Gasteiger charge is 2.30. The van der Waals surface area contributed by atoms with E-state index in [2.05, 4.69) is 4.98 Å². The van der Waals surface area contributed by atoms with Crippen LogP contribution in [0.2, 0.25) is 0 Å². The van der Waals surface area contributed by atoms with Crippen molar-refractivity contribution in [2.75, 3.05) is 7.11 Å². The zero-order valence-corrected chi connectivity index (χ0v) is 12.0. The summed E-state index contributed by atoms with van der Waals surface area (Å²) in [5, 5.41) is 0.464. The first-order valence-electron chi connectivity index (χ1n) is 6.02. The largest absolute Gasteiger partial charge is 0.497 e. The van der Waals surface area contributed by atoms with Crippen LogP contribution in [0.15, 0.2) is 46.5 Å². The number of methoxy groups -OCH3 is 1. The van der Waals surface area contributed by atoms with E-state index in [-0.39, 0.29) is 0 Å². The van der Waals surface area contributed by atoms with Crippen molar-refractivity contribution in [1.82, 2.24) is 4.98 Å². The Kier molecular flexibility index (Phi) is 4.74. The van der Waals surface area contributed by atoms with Gasteiger partial charge in [-0.1, -0.05) is 17.8 Å². The Morgan fingerprint density at radius 1 is 1.24 bits per heavy atom. The van der Waals surface area contributed by atoms with Crippen molar-refractivity contribution in [2.24, 2.45) is 5.73 Å². The molecule has 0 fully saturated rings. The van der Waals surface area contributed by atoms with E-state index in [0.29, 0.717) is 17.3 Å². The summed E-state index contributed by atoms with van der Waals surface area (Å²) in [6, 6.07) is 7.74. The van der Waals surface area contributed by atoms with Crippen LogP contribution in [0.5, 0.6) is 5.75 Å². The number of pyridine rings is 1. The molecule has 0 radical (unpaired) electrons. The molecule has 3 nitrogen and oxygen atoms in total. The van der Waals surface area contributed by atoms with Gasteiger partial charge in [0.15, 0.2) is 0 Å². The Hall–Kier alpha value is -1.73. The van der Waals surface area contributed by atoms with Crippen LogP contribution in [0.3, 0.4) is 0 Å². The van der Waals surface area contributed by atoms with Gasteiger partial charge in [-0.15, -0.1) is 0 Å². The number of aromatic nitrogens is 1. The summed E-state index contributed by atoms with van der Waals surface area (Å²) in [4.78, 5) is 4.64. The third-order valence-electron chi connectivity index (χ3n) is 2.77. The summed E-state index contributed by atoms with van der Waals surface area (Å²) in [6.45, 7) is 0.326. The molecule has 2 aromatic rings. The fourth-order valence-electron chi connectivity index (χ4n) is 1.65. The van der Waals surface area contributed by atoms with Crippen LogP contribution >= 0.6 is 11.8 Å². The molecule has 112 valence electrons. The number of benzene rings is 1. The van der Waals surface area contributed by atoms with Gasteiger partial charge >= 0.3 is 6.18 Å². The average molecular weight is 314 g/mol. The van der Waals surface area contributed by atoms with Gasteiger partial charge in [0.25, 0.3) is 0 Å². The van der Waals surface area contributed by atoms with E-state index in [0.717, 1.165) is 22.7 Å². The van der Waals surface area contributed by atoms with Crippen LogP contribution in [0, 0.1) is 0 Å². The lowest BCUT2D eigenvalue weighted by atomic mass is 10.2. The molecule has 0 aliphatic carbocycles. The van der Waals surface area contributed by atoms with Crippen molar-refractivity contribution in [2.45, 2.75) is 22.6 Å². The molecule has 7 heteroatoms. The number of halogens is 3. The maximum atomic E-state index is 12.5. The average Bonchev–Trinajstić information content (AvgIpc) is 2.46. The number of hydrogen-bond donors (Lipinski definition) is 1. The molecule has 0 aliphatic heterocycles. The van der Waals surface area contributed by atoms with Gasteiger partial charge in [0.05, 0.1) is 12.7 Å². The molecule has 1 heterocycles. The quantitative estimate of drug-likeness (QED) is 0.934. The van der Waals surface area contributed by atoms with Crippen LogP contribution in [0.4, 0.5) is 13.2 Å². The Balaban J connectivity index is 2.25.